The van der Waals surface area contributed by atoms with E-state index in [9.17, 15) is 0 Å². The van der Waals surface area contributed by atoms with Crippen molar-refractivity contribution in [3.8, 4) is 0 Å². The monoisotopic (exact) mass is 382 g/mol. The van der Waals surface area contributed by atoms with Crippen LogP contribution in [0.25, 0.3) is 0 Å². The van der Waals surface area contributed by atoms with Crippen LogP contribution in [-0.2, 0) is 40.0 Å². The Balaban J connectivity index is -0.00000000500. The maximum atomic E-state index is 8.26. The van der Waals surface area contributed by atoms with Gasteiger partial charge in [0.05, 0.1) is 0 Å². The van der Waals surface area contributed by atoms with Crippen LogP contribution in [0.4, 0.5) is 0 Å². The van der Waals surface area contributed by atoms with Gasteiger partial charge in [-0.2, -0.15) is 0 Å². The van der Waals surface area contributed by atoms with Gasteiger partial charge in [0.2, 0.25) is 0 Å². The van der Waals surface area contributed by atoms with Crippen LogP contribution in [-0.4, -0.2) is 26.2 Å². The van der Waals surface area contributed by atoms with Gasteiger partial charge in [0, 0.05) is 43.0 Å². The standard InChI is InChI=1S/Bi.Co.Mo.O. The van der Waals surface area contributed by atoms with Crippen LogP contribution in [0.3, 0.4) is 0 Å². The molecule has 0 spiro atoms. The van der Waals surface area contributed by atoms with Crippen molar-refractivity contribution in [3.63, 3.8) is 0 Å². The third-order valence-corrected chi connectivity index (χ3v) is 0. The molecule has 0 aromatic rings. The van der Waals surface area contributed by atoms with Crippen LogP contribution in [0.15, 0.2) is 0 Å². The molecule has 0 saturated heterocycles. The van der Waals surface area contributed by atoms with Crippen molar-refractivity contribution >= 4 is 26.2 Å². The summed E-state index contributed by atoms with van der Waals surface area (Å²) in [4.78, 5) is 0. The molecule has 0 unspecified atom stereocenters. The Hall–Kier alpha value is 1.88. The summed E-state index contributed by atoms with van der Waals surface area (Å²) >= 11 is 0.700. The van der Waals surface area contributed by atoms with E-state index >= 15 is 0 Å². The van der Waals surface area contributed by atoms with E-state index in [1.807, 2.05) is 0 Å². The molecule has 4 radical (unpaired) electrons. The summed E-state index contributed by atoms with van der Waals surface area (Å²) in [6, 6.07) is 0. The minimum atomic E-state index is 0. The van der Waals surface area contributed by atoms with E-state index in [-0.39, 0.29) is 43.0 Å². The Kier molecular flexibility index (Phi) is 87.8. The van der Waals surface area contributed by atoms with Crippen molar-refractivity contribution in [1.29, 1.82) is 0 Å². The van der Waals surface area contributed by atoms with E-state index in [0.29, 0.717) is 19.8 Å². The van der Waals surface area contributed by atoms with Gasteiger partial charge in [-0.15, -0.1) is 0 Å². The first-order valence-electron chi connectivity index (χ1n) is 0.167. The molecule has 0 aliphatic heterocycles. The number of rotatable bonds is 0. The third kappa shape index (κ3) is 9.11. The number of hydrogen-bond acceptors (Lipinski definition) is 1. The Bertz CT molecular complexity index is 8.00. The Labute approximate surface area is 65.4 Å². The predicted molar refractivity (Wildman–Crippen MR) is 6.44 cm³/mol. The fourth-order valence-electron chi connectivity index (χ4n) is 0. The van der Waals surface area contributed by atoms with Crippen molar-refractivity contribution in [3.05, 3.63) is 0 Å². The van der Waals surface area contributed by atoms with E-state index in [4.69, 9.17) is 3.40 Å². The molecule has 0 aliphatic carbocycles. The number of hydrogen-bond donors (Lipinski definition) is 0. The molecule has 4 heavy (non-hydrogen) atoms. The normalized spacial score (nSPS) is 1.00. The van der Waals surface area contributed by atoms with Gasteiger partial charge < -0.3 is 0 Å². The minimum absolute atomic E-state index is 0. The van der Waals surface area contributed by atoms with Crippen molar-refractivity contribution in [2.24, 2.45) is 0 Å². The average molecular weight is 380 g/mol. The fraction of sp³-hybridized carbons (Fsp3) is 0. The molecule has 1 nitrogen and oxygen atoms in total. The second kappa shape index (κ2) is 20.8. The van der Waals surface area contributed by atoms with Gasteiger partial charge in [0.1, 0.15) is 0 Å². The van der Waals surface area contributed by atoms with Crippen LogP contribution in [0.5, 0.6) is 0 Å². The molecule has 0 heterocycles. The van der Waals surface area contributed by atoms with Crippen LogP contribution in [0.1, 0.15) is 0 Å². The first-order chi connectivity index (χ1) is 1.00. The van der Waals surface area contributed by atoms with Gasteiger partial charge in [-0.3, -0.25) is 0 Å². The third-order valence-electron chi connectivity index (χ3n) is 0. The molecule has 4 heteroatoms. The van der Waals surface area contributed by atoms with Crippen LogP contribution in [0.2, 0.25) is 0 Å². The molecule has 0 fully saturated rings. The topological polar surface area (TPSA) is 17.1 Å². The summed E-state index contributed by atoms with van der Waals surface area (Å²) in [6.07, 6.45) is 0. The first-order valence-corrected chi connectivity index (χ1v) is 0.986. The molecule has 0 aromatic carbocycles. The molecule has 0 bridgehead atoms. The molecule has 0 saturated carbocycles. The SMILES string of the molecule is [Bi].[Co].[O]=[Mo]. The van der Waals surface area contributed by atoms with E-state index in [2.05, 4.69) is 0 Å². The summed E-state index contributed by atoms with van der Waals surface area (Å²) in [5.74, 6) is 0. The fourth-order valence-corrected chi connectivity index (χ4v) is 0. The van der Waals surface area contributed by atoms with E-state index < -0.39 is 0 Å². The van der Waals surface area contributed by atoms with Crippen molar-refractivity contribution < 1.29 is 40.0 Å². The van der Waals surface area contributed by atoms with Crippen LogP contribution >= 0.6 is 0 Å². The molecule has 0 aliphatic rings. The Morgan fingerprint density at radius 2 is 1.25 bits per heavy atom. The predicted octanol–water partition coefficient (Wildman–Crippen LogP) is -0.505. The molecule has 26 valence electrons. The van der Waals surface area contributed by atoms with Gasteiger partial charge >= 0.3 is 23.2 Å². The molecule has 0 N–H and O–H groups in total. The van der Waals surface area contributed by atoms with Gasteiger partial charge in [-0.25, -0.2) is 0 Å². The van der Waals surface area contributed by atoms with Gasteiger partial charge in [0.25, 0.3) is 0 Å². The zero-order chi connectivity index (χ0) is 2.00. The van der Waals surface area contributed by atoms with Crippen molar-refractivity contribution in [1.82, 2.24) is 0 Å². The van der Waals surface area contributed by atoms with Crippen LogP contribution in [0, 0.1) is 0 Å². The zero-order valence-electron chi connectivity index (χ0n) is 1.60. The summed E-state index contributed by atoms with van der Waals surface area (Å²) in [5, 5.41) is 0. The molecule has 0 rings (SSSR count). The van der Waals surface area contributed by atoms with Gasteiger partial charge in [0.15, 0.2) is 0 Å². The summed E-state index contributed by atoms with van der Waals surface area (Å²) < 4.78 is 8.26. The Morgan fingerprint density at radius 1 is 1.25 bits per heavy atom. The van der Waals surface area contributed by atoms with E-state index in [0.717, 1.165) is 0 Å². The molecule has 0 amide bonds. The van der Waals surface area contributed by atoms with Gasteiger partial charge in [-0.1, -0.05) is 0 Å². The van der Waals surface area contributed by atoms with E-state index in [1.165, 1.54) is 0 Å². The Morgan fingerprint density at radius 3 is 1.25 bits per heavy atom. The van der Waals surface area contributed by atoms with Gasteiger partial charge in [-0.05, 0) is 0 Å². The second-order valence-corrected chi connectivity index (χ2v) is 0. The van der Waals surface area contributed by atoms with Crippen molar-refractivity contribution in [2.75, 3.05) is 0 Å². The summed E-state index contributed by atoms with van der Waals surface area (Å²) in [6.45, 7) is 0. The molecule has 0 atom stereocenters. The summed E-state index contributed by atoms with van der Waals surface area (Å²) in [7, 11) is 0. The molecular weight excluding hydrogens is 380 g/mol. The summed E-state index contributed by atoms with van der Waals surface area (Å²) in [5.41, 5.74) is 0. The van der Waals surface area contributed by atoms with Crippen LogP contribution < -0.4 is 0 Å². The van der Waals surface area contributed by atoms with Crippen molar-refractivity contribution in [2.45, 2.75) is 0 Å². The average Bonchev–Trinajstić information content (AvgIpc) is 1.00. The quantitative estimate of drug-likeness (QED) is 0.518. The molecular formula is BiCoMoO. The molecule has 0 aromatic heterocycles. The second-order valence-electron chi connectivity index (χ2n) is 0. The first kappa shape index (κ1) is 16.9. The van der Waals surface area contributed by atoms with E-state index in [1.54, 1.807) is 0 Å². The maximum absolute atomic E-state index is 8.26. The zero-order valence-corrected chi connectivity index (χ0v) is 8.12.